The maximum absolute atomic E-state index is 5.97. The lowest BCUT2D eigenvalue weighted by Gasteiger charge is -2.26. The van der Waals surface area contributed by atoms with E-state index in [0.717, 1.165) is 36.7 Å². The molecule has 2 rings (SSSR count). The van der Waals surface area contributed by atoms with Gasteiger partial charge in [0.15, 0.2) is 11.5 Å². The van der Waals surface area contributed by atoms with Crippen LogP contribution in [0.4, 0.5) is 0 Å². The standard InChI is InChI=1S/C16H25NO2/c1-11-8-15(18-2)16(19-3)10-13(11)9-12-4-6-14(17)7-5-12/h8,10,12,14H,4-7,9,17H2,1-3H3. The van der Waals surface area contributed by atoms with E-state index in [4.69, 9.17) is 15.2 Å². The molecule has 106 valence electrons. The van der Waals surface area contributed by atoms with Gasteiger partial charge in [0.2, 0.25) is 0 Å². The summed E-state index contributed by atoms with van der Waals surface area (Å²) in [6, 6.07) is 4.62. The van der Waals surface area contributed by atoms with Crippen molar-refractivity contribution in [2.45, 2.75) is 45.1 Å². The molecule has 0 aromatic heterocycles. The first-order valence-corrected chi connectivity index (χ1v) is 7.11. The fourth-order valence-electron chi connectivity index (χ4n) is 2.95. The van der Waals surface area contributed by atoms with Crippen molar-refractivity contribution in [2.24, 2.45) is 11.7 Å². The molecule has 1 aromatic rings. The molecule has 3 heteroatoms. The summed E-state index contributed by atoms with van der Waals surface area (Å²) in [5, 5.41) is 0. The van der Waals surface area contributed by atoms with Gasteiger partial charge in [-0.15, -0.1) is 0 Å². The van der Waals surface area contributed by atoms with Gasteiger partial charge in [-0.25, -0.2) is 0 Å². The zero-order chi connectivity index (χ0) is 13.8. The van der Waals surface area contributed by atoms with E-state index < -0.39 is 0 Å². The number of hydrogen-bond acceptors (Lipinski definition) is 3. The Kier molecular flexibility index (Phi) is 4.70. The lowest BCUT2D eigenvalue weighted by Crippen LogP contribution is -2.27. The average molecular weight is 263 g/mol. The minimum atomic E-state index is 0.419. The zero-order valence-corrected chi connectivity index (χ0v) is 12.2. The number of benzene rings is 1. The molecule has 0 unspecified atom stereocenters. The maximum atomic E-state index is 5.97. The van der Waals surface area contributed by atoms with Crippen LogP contribution in [0, 0.1) is 12.8 Å². The lowest BCUT2D eigenvalue weighted by molar-refractivity contribution is 0.323. The van der Waals surface area contributed by atoms with Crippen LogP contribution in [0.5, 0.6) is 11.5 Å². The average Bonchev–Trinajstić information content (AvgIpc) is 2.43. The molecular formula is C16H25NO2. The molecule has 1 aromatic carbocycles. The summed E-state index contributed by atoms with van der Waals surface area (Å²) < 4.78 is 10.7. The van der Waals surface area contributed by atoms with E-state index in [2.05, 4.69) is 19.1 Å². The smallest absolute Gasteiger partial charge is 0.161 e. The van der Waals surface area contributed by atoms with Gasteiger partial charge in [-0.2, -0.15) is 0 Å². The van der Waals surface area contributed by atoms with Crippen LogP contribution in [-0.4, -0.2) is 20.3 Å². The minimum absolute atomic E-state index is 0.419. The van der Waals surface area contributed by atoms with E-state index in [-0.39, 0.29) is 0 Å². The lowest BCUT2D eigenvalue weighted by atomic mass is 9.82. The van der Waals surface area contributed by atoms with E-state index in [0.29, 0.717) is 6.04 Å². The first-order chi connectivity index (χ1) is 9.13. The van der Waals surface area contributed by atoms with Crippen molar-refractivity contribution in [2.75, 3.05) is 14.2 Å². The summed E-state index contributed by atoms with van der Waals surface area (Å²) >= 11 is 0. The Bertz CT molecular complexity index is 423. The van der Waals surface area contributed by atoms with Crippen LogP contribution in [0.3, 0.4) is 0 Å². The van der Waals surface area contributed by atoms with Crippen LogP contribution < -0.4 is 15.2 Å². The molecule has 2 N–H and O–H groups in total. The predicted octanol–water partition coefficient (Wildman–Crippen LogP) is 3.07. The van der Waals surface area contributed by atoms with Gasteiger partial charge in [-0.3, -0.25) is 0 Å². The topological polar surface area (TPSA) is 44.5 Å². The van der Waals surface area contributed by atoms with Crippen molar-refractivity contribution in [3.8, 4) is 11.5 Å². The van der Waals surface area contributed by atoms with E-state index in [9.17, 15) is 0 Å². The Hall–Kier alpha value is -1.22. The Morgan fingerprint density at radius 3 is 2.21 bits per heavy atom. The molecule has 0 atom stereocenters. The van der Waals surface area contributed by atoms with Crippen LogP contribution in [0.25, 0.3) is 0 Å². The van der Waals surface area contributed by atoms with Crippen molar-refractivity contribution in [3.05, 3.63) is 23.3 Å². The Morgan fingerprint density at radius 2 is 1.63 bits per heavy atom. The van der Waals surface area contributed by atoms with Crippen LogP contribution in [-0.2, 0) is 6.42 Å². The van der Waals surface area contributed by atoms with E-state index >= 15 is 0 Å². The number of methoxy groups -OCH3 is 2. The summed E-state index contributed by atoms with van der Waals surface area (Å²) in [7, 11) is 3.37. The summed E-state index contributed by atoms with van der Waals surface area (Å²) in [6.07, 6.45) is 5.94. The molecule has 0 saturated heterocycles. The highest BCUT2D eigenvalue weighted by molar-refractivity contribution is 5.47. The molecule has 1 aliphatic rings. The molecule has 0 spiro atoms. The summed E-state index contributed by atoms with van der Waals surface area (Å²) in [6.45, 7) is 2.14. The van der Waals surface area contributed by atoms with Crippen LogP contribution in [0.15, 0.2) is 12.1 Å². The number of nitrogens with two attached hydrogens (primary N) is 1. The second-order valence-corrected chi connectivity index (χ2v) is 5.62. The summed E-state index contributed by atoms with van der Waals surface area (Å²) in [5.41, 5.74) is 8.63. The SMILES string of the molecule is COc1cc(C)c(CC2CCC(N)CC2)cc1OC. The van der Waals surface area contributed by atoms with Crippen molar-refractivity contribution in [3.63, 3.8) is 0 Å². The Balaban J connectivity index is 2.11. The fraction of sp³-hybridized carbons (Fsp3) is 0.625. The normalized spacial score (nSPS) is 23.2. The fourth-order valence-corrected chi connectivity index (χ4v) is 2.95. The van der Waals surface area contributed by atoms with E-state index in [1.807, 2.05) is 0 Å². The maximum Gasteiger partial charge on any atom is 0.161 e. The molecule has 3 nitrogen and oxygen atoms in total. The first kappa shape index (κ1) is 14.2. The molecule has 0 aliphatic heterocycles. The van der Waals surface area contributed by atoms with E-state index in [1.165, 1.54) is 24.0 Å². The highest BCUT2D eigenvalue weighted by Gasteiger charge is 2.20. The Labute approximate surface area is 116 Å². The number of aryl methyl sites for hydroxylation is 1. The van der Waals surface area contributed by atoms with E-state index in [1.54, 1.807) is 14.2 Å². The van der Waals surface area contributed by atoms with Gasteiger partial charge in [-0.1, -0.05) is 0 Å². The van der Waals surface area contributed by atoms with Gasteiger partial charge < -0.3 is 15.2 Å². The third kappa shape index (κ3) is 3.41. The first-order valence-electron chi connectivity index (χ1n) is 7.11. The van der Waals surface area contributed by atoms with Crippen LogP contribution in [0.1, 0.15) is 36.8 Å². The van der Waals surface area contributed by atoms with Gasteiger partial charge in [0.1, 0.15) is 0 Å². The second kappa shape index (κ2) is 6.29. The quantitative estimate of drug-likeness (QED) is 0.908. The Morgan fingerprint density at radius 1 is 1.05 bits per heavy atom. The van der Waals surface area contributed by atoms with Crippen molar-refractivity contribution >= 4 is 0 Å². The minimum Gasteiger partial charge on any atom is -0.493 e. The highest BCUT2D eigenvalue weighted by atomic mass is 16.5. The van der Waals surface area contributed by atoms with Gasteiger partial charge in [0.25, 0.3) is 0 Å². The summed E-state index contributed by atoms with van der Waals surface area (Å²) in [5.74, 6) is 2.40. The van der Waals surface area contributed by atoms with Gasteiger partial charge >= 0.3 is 0 Å². The predicted molar refractivity (Wildman–Crippen MR) is 77.9 cm³/mol. The van der Waals surface area contributed by atoms with Crippen LogP contribution in [0.2, 0.25) is 0 Å². The number of ether oxygens (including phenoxy) is 2. The van der Waals surface area contributed by atoms with Crippen molar-refractivity contribution in [1.82, 2.24) is 0 Å². The van der Waals surface area contributed by atoms with Crippen LogP contribution >= 0.6 is 0 Å². The molecule has 0 bridgehead atoms. The zero-order valence-electron chi connectivity index (χ0n) is 12.2. The van der Waals surface area contributed by atoms with Crippen molar-refractivity contribution in [1.29, 1.82) is 0 Å². The molecule has 0 heterocycles. The molecule has 0 amide bonds. The molecular weight excluding hydrogens is 238 g/mol. The largest absolute Gasteiger partial charge is 0.493 e. The highest BCUT2D eigenvalue weighted by Crippen LogP contribution is 2.33. The monoisotopic (exact) mass is 263 g/mol. The number of hydrogen-bond donors (Lipinski definition) is 1. The molecule has 1 saturated carbocycles. The van der Waals surface area contributed by atoms with Gasteiger partial charge in [0, 0.05) is 6.04 Å². The molecule has 1 fully saturated rings. The third-order valence-electron chi connectivity index (χ3n) is 4.24. The molecule has 1 aliphatic carbocycles. The summed E-state index contributed by atoms with van der Waals surface area (Å²) in [4.78, 5) is 0. The molecule has 19 heavy (non-hydrogen) atoms. The van der Waals surface area contributed by atoms with Crippen molar-refractivity contribution < 1.29 is 9.47 Å². The second-order valence-electron chi connectivity index (χ2n) is 5.62. The third-order valence-corrected chi connectivity index (χ3v) is 4.24. The van der Waals surface area contributed by atoms with Gasteiger partial charge in [-0.05, 0) is 68.2 Å². The number of rotatable bonds is 4. The molecule has 0 radical (unpaired) electrons. The van der Waals surface area contributed by atoms with Gasteiger partial charge in [0.05, 0.1) is 14.2 Å².